The summed E-state index contributed by atoms with van der Waals surface area (Å²) >= 11 is 0. The maximum Gasteiger partial charge on any atom is 0.123 e. The first-order valence-electron chi connectivity index (χ1n) is 6.11. The molecule has 0 unspecified atom stereocenters. The fourth-order valence-electron chi connectivity index (χ4n) is 1.84. The van der Waals surface area contributed by atoms with E-state index in [2.05, 4.69) is 39.0 Å². The SMILES string of the molecule is COc1ccc(C(C)(C)C)cc1CN(C)CC#N. The van der Waals surface area contributed by atoms with Crippen LogP contribution in [0.5, 0.6) is 5.75 Å². The Balaban J connectivity index is 3.03. The summed E-state index contributed by atoms with van der Waals surface area (Å²) < 4.78 is 5.38. The van der Waals surface area contributed by atoms with Crippen LogP contribution in [0.15, 0.2) is 18.2 Å². The van der Waals surface area contributed by atoms with Crippen molar-refractivity contribution in [1.29, 1.82) is 5.26 Å². The normalized spacial score (nSPS) is 11.4. The molecule has 3 heteroatoms. The van der Waals surface area contributed by atoms with Crippen molar-refractivity contribution in [3.63, 3.8) is 0 Å². The number of rotatable bonds is 4. The van der Waals surface area contributed by atoms with Crippen molar-refractivity contribution in [2.75, 3.05) is 20.7 Å². The fourth-order valence-corrected chi connectivity index (χ4v) is 1.84. The Morgan fingerprint density at radius 1 is 1.33 bits per heavy atom. The van der Waals surface area contributed by atoms with Crippen LogP contribution < -0.4 is 4.74 Å². The lowest BCUT2D eigenvalue weighted by atomic mass is 9.86. The number of nitrogens with zero attached hydrogens (tertiary/aromatic N) is 2. The average Bonchev–Trinajstić information content (AvgIpc) is 2.28. The maximum atomic E-state index is 8.70. The van der Waals surface area contributed by atoms with Crippen LogP contribution in [-0.4, -0.2) is 25.6 Å². The molecule has 98 valence electrons. The summed E-state index contributed by atoms with van der Waals surface area (Å²) in [5.41, 5.74) is 2.53. The second kappa shape index (κ2) is 5.88. The number of methoxy groups -OCH3 is 1. The molecule has 0 aliphatic heterocycles. The van der Waals surface area contributed by atoms with Crippen molar-refractivity contribution < 1.29 is 4.74 Å². The third kappa shape index (κ3) is 3.75. The first-order chi connectivity index (χ1) is 8.38. The number of nitriles is 1. The Hall–Kier alpha value is -1.53. The molecule has 0 aliphatic rings. The van der Waals surface area contributed by atoms with E-state index in [1.165, 1.54) is 5.56 Å². The van der Waals surface area contributed by atoms with Gasteiger partial charge in [0.25, 0.3) is 0 Å². The maximum absolute atomic E-state index is 8.70. The lowest BCUT2D eigenvalue weighted by Crippen LogP contribution is -2.19. The van der Waals surface area contributed by atoms with Gasteiger partial charge in [0.1, 0.15) is 5.75 Å². The molecule has 0 bridgehead atoms. The minimum Gasteiger partial charge on any atom is -0.496 e. The number of benzene rings is 1. The molecule has 0 aliphatic carbocycles. The third-order valence-electron chi connectivity index (χ3n) is 2.93. The van der Waals surface area contributed by atoms with Gasteiger partial charge < -0.3 is 4.74 Å². The van der Waals surface area contributed by atoms with Crippen molar-refractivity contribution in [3.05, 3.63) is 29.3 Å². The van der Waals surface area contributed by atoms with E-state index in [-0.39, 0.29) is 5.41 Å². The molecular weight excluding hydrogens is 224 g/mol. The smallest absolute Gasteiger partial charge is 0.123 e. The van der Waals surface area contributed by atoms with E-state index >= 15 is 0 Å². The molecule has 0 heterocycles. The molecule has 1 aromatic carbocycles. The van der Waals surface area contributed by atoms with Crippen molar-refractivity contribution in [1.82, 2.24) is 4.90 Å². The quantitative estimate of drug-likeness (QED) is 0.766. The van der Waals surface area contributed by atoms with Crippen LogP contribution in [0, 0.1) is 11.3 Å². The van der Waals surface area contributed by atoms with Gasteiger partial charge in [-0.1, -0.05) is 32.9 Å². The standard InChI is InChI=1S/C15H22N2O/c1-15(2,3)13-6-7-14(18-5)12(10-13)11-17(4)9-8-16/h6-7,10H,9,11H2,1-5H3. The molecule has 18 heavy (non-hydrogen) atoms. The molecule has 0 spiro atoms. The lowest BCUT2D eigenvalue weighted by molar-refractivity contribution is 0.349. The Morgan fingerprint density at radius 3 is 2.50 bits per heavy atom. The lowest BCUT2D eigenvalue weighted by Gasteiger charge is -2.22. The highest BCUT2D eigenvalue weighted by Crippen LogP contribution is 2.28. The van der Waals surface area contributed by atoms with E-state index in [4.69, 9.17) is 10.00 Å². The zero-order chi connectivity index (χ0) is 13.8. The average molecular weight is 246 g/mol. The van der Waals surface area contributed by atoms with Gasteiger partial charge in [-0.15, -0.1) is 0 Å². The molecule has 0 aromatic heterocycles. The van der Waals surface area contributed by atoms with Gasteiger partial charge in [0.2, 0.25) is 0 Å². The summed E-state index contributed by atoms with van der Waals surface area (Å²) in [6.45, 7) is 7.72. The van der Waals surface area contributed by atoms with Gasteiger partial charge in [-0.25, -0.2) is 0 Å². The molecular formula is C15H22N2O. The third-order valence-corrected chi connectivity index (χ3v) is 2.93. The molecule has 0 atom stereocenters. The van der Waals surface area contributed by atoms with Gasteiger partial charge in [0.15, 0.2) is 0 Å². The van der Waals surface area contributed by atoms with E-state index in [0.717, 1.165) is 17.9 Å². The van der Waals surface area contributed by atoms with Crippen LogP contribution in [0.1, 0.15) is 31.9 Å². The second-order valence-electron chi connectivity index (χ2n) is 5.61. The first kappa shape index (κ1) is 14.5. The highest BCUT2D eigenvalue weighted by atomic mass is 16.5. The van der Waals surface area contributed by atoms with E-state index in [1.807, 2.05) is 18.0 Å². The zero-order valence-corrected chi connectivity index (χ0v) is 11.9. The monoisotopic (exact) mass is 246 g/mol. The van der Waals surface area contributed by atoms with Crippen molar-refractivity contribution in [3.8, 4) is 11.8 Å². The number of hydrogen-bond acceptors (Lipinski definition) is 3. The Labute approximate surface area is 110 Å². The van der Waals surface area contributed by atoms with Crippen molar-refractivity contribution in [2.45, 2.75) is 32.7 Å². The summed E-state index contributed by atoms with van der Waals surface area (Å²) in [5.74, 6) is 0.882. The predicted octanol–water partition coefficient (Wildman–Crippen LogP) is 2.95. The Morgan fingerprint density at radius 2 is 2.00 bits per heavy atom. The second-order valence-corrected chi connectivity index (χ2v) is 5.61. The Bertz CT molecular complexity index is 441. The molecule has 0 N–H and O–H groups in total. The van der Waals surface area contributed by atoms with Crippen molar-refractivity contribution >= 4 is 0 Å². The van der Waals surface area contributed by atoms with Crippen LogP contribution in [0.4, 0.5) is 0 Å². The van der Waals surface area contributed by atoms with Crippen LogP contribution in [0.25, 0.3) is 0 Å². The summed E-state index contributed by atoms with van der Waals surface area (Å²) in [5, 5.41) is 8.70. The van der Waals surface area contributed by atoms with Crippen LogP contribution in [0.2, 0.25) is 0 Å². The highest BCUT2D eigenvalue weighted by Gasteiger charge is 2.16. The topological polar surface area (TPSA) is 36.3 Å². The zero-order valence-electron chi connectivity index (χ0n) is 11.9. The van der Waals surface area contributed by atoms with E-state index < -0.39 is 0 Å². The summed E-state index contributed by atoms with van der Waals surface area (Å²) in [7, 11) is 3.62. The fraction of sp³-hybridized carbons (Fsp3) is 0.533. The minimum absolute atomic E-state index is 0.120. The summed E-state index contributed by atoms with van der Waals surface area (Å²) in [6, 6.07) is 8.44. The first-order valence-corrected chi connectivity index (χ1v) is 6.11. The molecule has 0 saturated heterocycles. The van der Waals surface area contributed by atoms with Gasteiger partial charge in [0.05, 0.1) is 19.7 Å². The van der Waals surface area contributed by atoms with E-state index in [9.17, 15) is 0 Å². The van der Waals surface area contributed by atoms with E-state index in [1.54, 1.807) is 7.11 Å². The molecule has 3 nitrogen and oxygen atoms in total. The molecule has 0 fully saturated rings. The van der Waals surface area contributed by atoms with Gasteiger partial charge in [-0.3, -0.25) is 4.90 Å². The van der Waals surface area contributed by atoms with Gasteiger partial charge in [-0.05, 0) is 24.1 Å². The molecule has 1 rings (SSSR count). The van der Waals surface area contributed by atoms with Crippen LogP contribution in [0.3, 0.4) is 0 Å². The van der Waals surface area contributed by atoms with Crippen LogP contribution in [-0.2, 0) is 12.0 Å². The van der Waals surface area contributed by atoms with E-state index in [0.29, 0.717) is 6.54 Å². The molecule has 0 amide bonds. The largest absolute Gasteiger partial charge is 0.496 e. The molecule has 0 radical (unpaired) electrons. The minimum atomic E-state index is 0.120. The molecule has 1 aromatic rings. The van der Waals surface area contributed by atoms with Crippen LogP contribution >= 0.6 is 0 Å². The summed E-state index contributed by atoms with van der Waals surface area (Å²) in [4.78, 5) is 1.98. The number of ether oxygens (including phenoxy) is 1. The Kier molecular flexibility index (Phi) is 4.75. The van der Waals surface area contributed by atoms with Gasteiger partial charge >= 0.3 is 0 Å². The van der Waals surface area contributed by atoms with Gasteiger partial charge in [-0.2, -0.15) is 5.26 Å². The predicted molar refractivity (Wildman–Crippen MR) is 73.6 cm³/mol. The highest BCUT2D eigenvalue weighted by molar-refractivity contribution is 5.39. The van der Waals surface area contributed by atoms with Crippen molar-refractivity contribution in [2.24, 2.45) is 0 Å². The molecule has 0 saturated carbocycles. The van der Waals surface area contributed by atoms with Gasteiger partial charge in [0, 0.05) is 12.1 Å². The number of hydrogen-bond donors (Lipinski definition) is 0. The summed E-state index contributed by atoms with van der Waals surface area (Å²) in [6.07, 6.45) is 0.